The van der Waals surface area contributed by atoms with Crippen molar-refractivity contribution in [1.29, 1.82) is 0 Å². The van der Waals surface area contributed by atoms with Gasteiger partial charge in [-0.05, 0) is 26.3 Å². The van der Waals surface area contributed by atoms with Crippen molar-refractivity contribution in [2.45, 2.75) is 79.3 Å². The molecule has 0 atom stereocenters. The van der Waals surface area contributed by atoms with Gasteiger partial charge in [0.25, 0.3) is 0 Å². The molecule has 0 aliphatic heterocycles. The lowest BCUT2D eigenvalue weighted by Gasteiger charge is -2.44. The molecule has 0 aliphatic rings. The van der Waals surface area contributed by atoms with Gasteiger partial charge in [0.05, 0.1) is 0 Å². The van der Waals surface area contributed by atoms with Crippen LogP contribution in [0.5, 0.6) is 0 Å². The van der Waals surface area contributed by atoms with Crippen LogP contribution in [0.3, 0.4) is 0 Å². The second kappa shape index (κ2) is 6.62. The van der Waals surface area contributed by atoms with Crippen molar-refractivity contribution in [2.24, 2.45) is 0 Å². The summed E-state index contributed by atoms with van der Waals surface area (Å²) in [6.07, 6.45) is 5.07. The van der Waals surface area contributed by atoms with E-state index in [0.29, 0.717) is 5.54 Å². The van der Waals surface area contributed by atoms with Gasteiger partial charge in [0.2, 0.25) is 13.7 Å². The molecule has 0 radical (unpaired) electrons. The molecule has 0 N–H and O–H groups in total. The van der Waals surface area contributed by atoms with Gasteiger partial charge in [-0.1, -0.05) is 53.0 Å². The zero-order valence-electron chi connectivity index (χ0n) is 11.9. The van der Waals surface area contributed by atoms with E-state index in [0.717, 1.165) is 13.7 Å². The highest BCUT2D eigenvalue weighted by Crippen LogP contribution is 2.24. The Kier molecular flexibility index (Phi) is 6.66. The summed E-state index contributed by atoms with van der Waals surface area (Å²) in [7, 11) is 0. The Labute approximate surface area is 98.2 Å². The monoisotopic (exact) mass is 209 g/mol. The molecule has 15 heavy (non-hydrogen) atoms. The zero-order chi connectivity index (χ0) is 12.1. The highest BCUT2D eigenvalue weighted by molar-refractivity contribution is 6.72. The lowest BCUT2D eigenvalue weighted by atomic mass is 9.40. The molecule has 0 aromatic carbocycles. The Morgan fingerprint density at radius 3 is 1.13 bits per heavy atom. The standard InChI is InChI=1S/C12H29B2N/c1-8-13(9-2)15(12(5,6)7)14(10-3)11-4/h8-11H2,1-7H3. The molecule has 0 unspecified atom stereocenters. The molecular formula is C12H29B2N. The molecule has 0 fully saturated rings. The number of nitrogens with zero attached hydrogens (tertiary/aromatic N) is 1. The normalized spacial score (nSPS) is 12.0. The second-order valence-corrected chi connectivity index (χ2v) is 5.52. The van der Waals surface area contributed by atoms with E-state index in [4.69, 9.17) is 0 Å². The fourth-order valence-corrected chi connectivity index (χ4v) is 2.76. The van der Waals surface area contributed by atoms with Crippen molar-refractivity contribution in [1.82, 2.24) is 4.72 Å². The van der Waals surface area contributed by atoms with E-state index in [9.17, 15) is 0 Å². The van der Waals surface area contributed by atoms with E-state index < -0.39 is 0 Å². The van der Waals surface area contributed by atoms with Crippen molar-refractivity contribution in [3.8, 4) is 0 Å². The Bertz CT molecular complexity index is 145. The summed E-state index contributed by atoms with van der Waals surface area (Å²) < 4.78 is 2.74. The molecule has 0 heterocycles. The van der Waals surface area contributed by atoms with Gasteiger partial charge in [0, 0.05) is 0 Å². The van der Waals surface area contributed by atoms with E-state index >= 15 is 0 Å². The van der Waals surface area contributed by atoms with Gasteiger partial charge < -0.3 is 4.72 Å². The minimum atomic E-state index is 0.299. The van der Waals surface area contributed by atoms with Gasteiger partial charge in [-0.25, -0.2) is 0 Å². The maximum atomic E-state index is 2.74. The molecular weight excluding hydrogens is 180 g/mol. The largest absolute Gasteiger partial charge is 0.379 e. The van der Waals surface area contributed by atoms with Crippen LogP contribution in [0.2, 0.25) is 25.3 Å². The van der Waals surface area contributed by atoms with Crippen molar-refractivity contribution >= 4 is 13.7 Å². The fourth-order valence-electron chi connectivity index (χ4n) is 2.76. The quantitative estimate of drug-likeness (QED) is 0.594. The molecule has 88 valence electrons. The Morgan fingerprint density at radius 1 is 0.733 bits per heavy atom. The molecule has 0 bridgehead atoms. The van der Waals surface area contributed by atoms with Crippen LogP contribution in [0.4, 0.5) is 0 Å². The highest BCUT2D eigenvalue weighted by Gasteiger charge is 2.34. The third-order valence-corrected chi connectivity index (χ3v) is 3.45. The van der Waals surface area contributed by atoms with Crippen molar-refractivity contribution in [2.75, 3.05) is 0 Å². The smallest absolute Gasteiger partial charge is 0.211 e. The first-order chi connectivity index (χ1) is 6.92. The topological polar surface area (TPSA) is 3.24 Å². The molecule has 0 saturated carbocycles. The molecule has 0 saturated heterocycles. The molecule has 0 spiro atoms. The molecule has 0 aromatic heterocycles. The first-order valence-corrected chi connectivity index (χ1v) is 6.70. The van der Waals surface area contributed by atoms with E-state index in [1.165, 1.54) is 25.3 Å². The van der Waals surface area contributed by atoms with Gasteiger partial charge >= 0.3 is 0 Å². The van der Waals surface area contributed by atoms with Crippen molar-refractivity contribution in [3.63, 3.8) is 0 Å². The molecule has 0 amide bonds. The zero-order valence-corrected chi connectivity index (χ0v) is 11.9. The lowest BCUT2D eigenvalue weighted by Crippen LogP contribution is -2.57. The van der Waals surface area contributed by atoms with E-state index in [-0.39, 0.29) is 0 Å². The van der Waals surface area contributed by atoms with Gasteiger partial charge in [0.15, 0.2) is 0 Å². The number of hydrogen-bond acceptors (Lipinski definition) is 1. The SMILES string of the molecule is CCB(CC)N(B(CC)CC)C(C)(C)C. The maximum Gasteiger partial charge on any atom is 0.211 e. The van der Waals surface area contributed by atoms with Crippen LogP contribution < -0.4 is 0 Å². The molecule has 0 aliphatic carbocycles. The molecule has 0 aromatic rings. The first-order valence-electron chi connectivity index (χ1n) is 6.70. The van der Waals surface area contributed by atoms with Gasteiger partial charge in [-0.15, -0.1) is 0 Å². The Balaban J connectivity index is 4.85. The van der Waals surface area contributed by atoms with Crippen LogP contribution in [-0.2, 0) is 0 Å². The highest BCUT2D eigenvalue weighted by atomic mass is 15.1. The van der Waals surface area contributed by atoms with Crippen LogP contribution in [0.15, 0.2) is 0 Å². The predicted molar refractivity (Wildman–Crippen MR) is 75.0 cm³/mol. The van der Waals surface area contributed by atoms with Crippen molar-refractivity contribution in [3.05, 3.63) is 0 Å². The predicted octanol–water partition coefficient (Wildman–Crippen LogP) is 4.15. The average Bonchev–Trinajstić information content (AvgIpc) is 2.17. The summed E-state index contributed by atoms with van der Waals surface area (Å²) >= 11 is 0. The summed E-state index contributed by atoms with van der Waals surface area (Å²) in [5.74, 6) is 0. The number of hydrogen-bond donors (Lipinski definition) is 0. The minimum Gasteiger partial charge on any atom is -0.379 e. The van der Waals surface area contributed by atoms with E-state index in [2.05, 4.69) is 53.2 Å². The third-order valence-electron chi connectivity index (χ3n) is 3.45. The summed E-state index contributed by atoms with van der Waals surface area (Å²) in [5, 5.41) is 0. The summed E-state index contributed by atoms with van der Waals surface area (Å²) in [5.41, 5.74) is 0.299. The summed E-state index contributed by atoms with van der Waals surface area (Å²) in [6.45, 7) is 17.8. The third kappa shape index (κ3) is 4.22. The molecule has 0 rings (SSSR count). The van der Waals surface area contributed by atoms with Crippen LogP contribution in [0, 0.1) is 0 Å². The van der Waals surface area contributed by atoms with Crippen molar-refractivity contribution < 1.29 is 0 Å². The molecule has 1 nitrogen and oxygen atoms in total. The summed E-state index contributed by atoms with van der Waals surface area (Å²) in [4.78, 5) is 0. The van der Waals surface area contributed by atoms with Gasteiger partial charge in [0.1, 0.15) is 0 Å². The second-order valence-electron chi connectivity index (χ2n) is 5.52. The average molecular weight is 209 g/mol. The molecule has 3 heteroatoms. The van der Waals surface area contributed by atoms with E-state index in [1.54, 1.807) is 0 Å². The Hall–Kier alpha value is 0.0899. The minimum absolute atomic E-state index is 0.299. The van der Waals surface area contributed by atoms with Crippen LogP contribution >= 0.6 is 0 Å². The van der Waals surface area contributed by atoms with Crippen LogP contribution in [-0.4, -0.2) is 24.0 Å². The lowest BCUT2D eigenvalue weighted by molar-refractivity contribution is 0.357. The fraction of sp³-hybridized carbons (Fsp3) is 1.00. The maximum absolute atomic E-state index is 2.74. The first kappa shape index (κ1) is 15.1. The van der Waals surface area contributed by atoms with Gasteiger partial charge in [-0.3, -0.25) is 0 Å². The van der Waals surface area contributed by atoms with Crippen LogP contribution in [0.1, 0.15) is 48.5 Å². The van der Waals surface area contributed by atoms with Gasteiger partial charge in [-0.2, -0.15) is 0 Å². The Morgan fingerprint density at radius 2 is 1.00 bits per heavy atom. The van der Waals surface area contributed by atoms with Crippen LogP contribution in [0.25, 0.3) is 0 Å². The summed E-state index contributed by atoms with van der Waals surface area (Å²) in [6, 6.07) is 0. The number of rotatable bonds is 6. The van der Waals surface area contributed by atoms with E-state index in [1.807, 2.05) is 0 Å².